The van der Waals surface area contributed by atoms with Crippen LogP contribution in [0.2, 0.25) is 0 Å². The molecule has 3 nitrogen and oxygen atoms in total. The van der Waals surface area contributed by atoms with Gasteiger partial charge in [0.1, 0.15) is 17.2 Å². The van der Waals surface area contributed by atoms with Crippen molar-refractivity contribution in [3.8, 4) is 39.5 Å². The molecule has 0 amide bonds. The molecule has 0 spiro atoms. The van der Waals surface area contributed by atoms with Crippen LogP contribution in [0.5, 0.6) is 17.2 Å². The van der Waals surface area contributed by atoms with Crippen LogP contribution < -0.4 is 0 Å². The highest BCUT2D eigenvalue weighted by Gasteiger charge is 2.25. The largest absolute Gasteiger partial charge is 0.508 e. The molecule has 4 aromatic rings. The van der Waals surface area contributed by atoms with Crippen LogP contribution >= 0.6 is 0 Å². The summed E-state index contributed by atoms with van der Waals surface area (Å²) in [5.74, 6) is 0.709. The number of hydrogen-bond acceptors (Lipinski definition) is 3. The minimum Gasteiger partial charge on any atom is -0.508 e. The third kappa shape index (κ3) is 2.14. The van der Waals surface area contributed by atoms with Gasteiger partial charge in [-0.15, -0.1) is 0 Å². The van der Waals surface area contributed by atoms with Gasteiger partial charge in [-0.3, -0.25) is 0 Å². The first kappa shape index (κ1) is 14.8. The Morgan fingerprint density at radius 2 is 1.38 bits per heavy atom. The van der Waals surface area contributed by atoms with Gasteiger partial charge in [-0.1, -0.05) is 30.3 Å². The molecule has 0 radical (unpaired) electrons. The lowest BCUT2D eigenvalue weighted by atomic mass is 9.89. The Morgan fingerprint density at radius 3 is 2.23 bits per heavy atom. The van der Waals surface area contributed by atoms with Crippen molar-refractivity contribution in [2.24, 2.45) is 0 Å². The molecule has 0 unspecified atom stereocenters. The Morgan fingerprint density at radius 1 is 0.615 bits per heavy atom. The maximum Gasteiger partial charge on any atom is 0.116 e. The van der Waals surface area contributed by atoms with Crippen molar-refractivity contribution in [2.75, 3.05) is 0 Å². The zero-order chi connectivity index (χ0) is 17.8. The van der Waals surface area contributed by atoms with E-state index in [1.807, 2.05) is 30.3 Å². The van der Waals surface area contributed by atoms with Crippen LogP contribution in [0.4, 0.5) is 0 Å². The molecule has 126 valence electrons. The molecule has 0 bridgehead atoms. The van der Waals surface area contributed by atoms with Gasteiger partial charge in [-0.2, -0.15) is 0 Å². The molecule has 3 N–H and O–H groups in total. The first-order valence-electron chi connectivity index (χ1n) is 8.50. The lowest BCUT2D eigenvalue weighted by Crippen LogP contribution is -1.89. The van der Waals surface area contributed by atoms with Gasteiger partial charge in [0, 0.05) is 0 Å². The van der Waals surface area contributed by atoms with Gasteiger partial charge < -0.3 is 15.3 Å². The van der Waals surface area contributed by atoms with Gasteiger partial charge in [-0.25, -0.2) is 0 Å². The van der Waals surface area contributed by atoms with Crippen molar-refractivity contribution >= 4 is 10.8 Å². The summed E-state index contributed by atoms with van der Waals surface area (Å²) in [6.07, 6.45) is 0.733. The summed E-state index contributed by atoms with van der Waals surface area (Å²) < 4.78 is 0. The predicted molar refractivity (Wildman–Crippen MR) is 103 cm³/mol. The fourth-order valence-electron chi connectivity index (χ4n) is 4.04. The minimum absolute atomic E-state index is 0.218. The zero-order valence-corrected chi connectivity index (χ0v) is 13.9. The second-order valence-corrected chi connectivity index (χ2v) is 6.76. The van der Waals surface area contributed by atoms with E-state index in [0.717, 1.165) is 50.6 Å². The Labute approximate surface area is 150 Å². The number of benzene rings is 4. The molecule has 0 saturated heterocycles. The molecule has 0 heterocycles. The molecule has 1 aliphatic rings. The standard InChI is InChI=1S/C23H16O3/c24-17-3-1-2-13(10-17)22-20-6-4-18(25)11-14(20)8-16-9-15-12-19(26)5-7-21(15)23(16)22/h1-8,10-12,24-26H,9H2. The van der Waals surface area contributed by atoms with Crippen molar-refractivity contribution < 1.29 is 15.3 Å². The van der Waals surface area contributed by atoms with Gasteiger partial charge in [0.05, 0.1) is 0 Å². The molecule has 0 aliphatic heterocycles. The van der Waals surface area contributed by atoms with Crippen LogP contribution in [0.1, 0.15) is 11.1 Å². The summed E-state index contributed by atoms with van der Waals surface area (Å²) >= 11 is 0. The lowest BCUT2D eigenvalue weighted by molar-refractivity contribution is 0.474. The lowest BCUT2D eigenvalue weighted by Gasteiger charge is -2.15. The zero-order valence-electron chi connectivity index (χ0n) is 13.9. The third-order valence-electron chi connectivity index (χ3n) is 5.08. The summed E-state index contributed by atoms with van der Waals surface area (Å²) in [5.41, 5.74) is 6.44. The van der Waals surface area contributed by atoms with E-state index in [0.29, 0.717) is 0 Å². The van der Waals surface area contributed by atoms with Gasteiger partial charge >= 0.3 is 0 Å². The average molecular weight is 340 g/mol. The Hall–Kier alpha value is -3.46. The minimum atomic E-state index is 0.218. The fourth-order valence-corrected chi connectivity index (χ4v) is 4.04. The van der Waals surface area contributed by atoms with E-state index in [4.69, 9.17) is 0 Å². The van der Waals surface area contributed by atoms with E-state index in [-0.39, 0.29) is 17.2 Å². The number of rotatable bonds is 1. The first-order chi connectivity index (χ1) is 12.6. The van der Waals surface area contributed by atoms with Gasteiger partial charge in [0.2, 0.25) is 0 Å². The highest BCUT2D eigenvalue weighted by Crippen LogP contribution is 2.48. The predicted octanol–water partition coefficient (Wildman–Crippen LogP) is 5.19. The molecule has 1 aliphatic carbocycles. The SMILES string of the molecule is Oc1cccc(-c2c3c(cc4cc(O)ccc24)Cc2cc(O)ccc2-3)c1. The van der Waals surface area contributed by atoms with Crippen molar-refractivity contribution in [3.05, 3.63) is 77.9 Å². The summed E-state index contributed by atoms with van der Waals surface area (Å²) in [4.78, 5) is 0. The van der Waals surface area contributed by atoms with Gasteiger partial charge in [0.25, 0.3) is 0 Å². The average Bonchev–Trinajstić information content (AvgIpc) is 2.96. The van der Waals surface area contributed by atoms with Crippen molar-refractivity contribution in [1.82, 2.24) is 0 Å². The number of hydrogen-bond donors (Lipinski definition) is 3. The summed E-state index contributed by atoms with van der Waals surface area (Å²) in [7, 11) is 0. The monoisotopic (exact) mass is 340 g/mol. The van der Waals surface area contributed by atoms with E-state index < -0.39 is 0 Å². The van der Waals surface area contributed by atoms with Crippen LogP contribution in [0, 0.1) is 0 Å². The highest BCUT2D eigenvalue weighted by atomic mass is 16.3. The number of phenolic OH excluding ortho intramolecular Hbond substituents is 3. The molecule has 0 atom stereocenters. The van der Waals surface area contributed by atoms with E-state index >= 15 is 0 Å². The second-order valence-electron chi connectivity index (χ2n) is 6.76. The van der Waals surface area contributed by atoms with Gasteiger partial charge in [-0.05, 0) is 87.0 Å². The second kappa shape index (κ2) is 5.27. The quantitative estimate of drug-likeness (QED) is 0.393. The molecule has 0 saturated carbocycles. The first-order valence-corrected chi connectivity index (χ1v) is 8.50. The Kier molecular flexibility index (Phi) is 3.01. The molecule has 5 rings (SSSR count). The molecule has 0 aromatic heterocycles. The van der Waals surface area contributed by atoms with Crippen molar-refractivity contribution in [1.29, 1.82) is 0 Å². The van der Waals surface area contributed by atoms with E-state index in [1.54, 1.807) is 30.3 Å². The van der Waals surface area contributed by atoms with Crippen LogP contribution in [-0.4, -0.2) is 15.3 Å². The topological polar surface area (TPSA) is 60.7 Å². The molecule has 0 fully saturated rings. The highest BCUT2D eigenvalue weighted by molar-refractivity contribution is 6.07. The smallest absolute Gasteiger partial charge is 0.116 e. The number of fused-ring (bicyclic) bond motifs is 4. The van der Waals surface area contributed by atoms with Crippen molar-refractivity contribution in [2.45, 2.75) is 6.42 Å². The fraction of sp³-hybridized carbons (Fsp3) is 0.0435. The Balaban J connectivity index is 1.93. The summed E-state index contributed by atoms with van der Waals surface area (Å²) in [6.45, 7) is 0. The Bertz CT molecular complexity index is 1190. The molecule has 4 aromatic carbocycles. The summed E-state index contributed by atoms with van der Waals surface area (Å²) in [6, 6.07) is 20.2. The number of aromatic hydroxyl groups is 3. The maximum absolute atomic E-state index is 10.00. The van der Waals surface area contributed by atoms with Crippen molar-refractivity contribution in [3.63, 3.8) is 0 Å². The van der Waals surface area contributed by atoms with E-state index in [2.05, 4.69) is 6.07 Å². The molecule has 26 heavy (non-hydrogen) atoms. The number of phenols is 3. The van der Waals surface area contributed by atoms with E-state index in [1.165, 1.54) is 0 Å². The van der Waals surface area contributed by atoms with Crippen LogP contribution in [0.25, 0.3) is 33.0 Å². The van der Waals surface area contributed by atoms with Gasteiger partial charge in [0.15, 0.2) is 0 Å². The summed E-state index contributed by atoms with van der Waals surface area (Å²) in [5, 5.41) is 31.8. The van der Waals surface area contributed by atoms with Crippen LogP contribution in [0.15, 0.2) is 66.7 Å². The van der Waals surface area contributed by atoms with Crippen LogP contribution in [-0.2, 0) is 6.42 Å². The molecular formula is C23H16O3. The van der Waals surface area contributed by atoms with E-state index in [9.17, 15) is 15.3 Å². The van der Waals surface area contributed by atoms with Crippen LogP contribution in [0.3, 0.4) is 0 Å². The maximum atomic E-state index is 10.00. The normalized spacial score (nSPS) is 12.2. The third-order valence-corrected chi connectivity index (χ3v) is 5.08. The molecule has 3 heteroatoms. The molecular weight excluding hydrogens is 324 g/mol.